The van der Waals surface area contributed by atoms with Gasteiger partial charge in [0.05, 0.1) is 11.8 Å². The van der Waals surface area contributed by atoms with Gasteiger partial charge < -0.3 is 15.3 Å². The lowest BCUT2D eigenvalue weighted by Crippen LogP contribution is -2.26. The fourth-order valence-corrected chi connectivity index (χ4v) is 1.92. The number of carbonyl (C=O) groups excluding carboxylic acids is 2. The standard InChI is InChI=1S/C17H15FN2O4/c1-23-20-10-11-2-4-13(5-3-11)17(22)24-15(16(19)21)12-6-8-14(18)9-7-12/h2-10,15H,1H3,(H2,19,21)/b20-10+. The Balaban J connectivity index is 2.14. The molecule has 0 spiro atoms. The van der Waals surface area contributed by atoms with Gasteiger partial charge in [-0.2, -0.15) is 0 Å². The largest absolute Gasteiger partial charge is 0.444 e. The number of ether oxygens (including phenoxy) is 1. The van der Waals surface area contributed by atoms with E-state index in [-0.39, 0.29) is 5.56 Å². The van der Waals surface area contributed by atoms with E-state index in [0.717, 1.165) is 17.7 Å². The van der Waals surface area contributed by atoms with Gasteiger partial charge in [-0.1, -0.05) is 29.4 Å². The van der Waals surface area contributed by atoms with Crippen LogP contribution >= 0.6 is 0 Å². The molecule has 0 heterocycles. The minimum atomic E-state index is -1.30. The first-order valence-electron chi connectivity index (χ1n) is 6.93. The van der Waals surface area contributed by atoms with Crippen LogP contribution in [0, 0.1) is 5.82 Å². The van der Waals surface area contributed by atoms with Gasteiger partial charge in [-0.15, -0.1) is 0 Å². The molecule has 7 heteroatoms. The van der Waals surface area contributed by atoms with Crippen molar-refractivity contribution in [2.24, 2.45) is 10.9 Å². The van der Waals surface area contributed by atoms with Crippen molar-refractivity contribution >= 4 is 18.1 Å². The summed E-state index contributed by atoms with van der Waals surface area (Å²) in [6.45, 7) is 0. The number of nitrogens with zero attached hydrogens (tertiary/aromatic N) is 1. The van der Waals surface area contributed by atoms with Crippen molar-refractivity contribution in [3.63, 3.8) is 0 Å². The summed E-state index contributed by atoms with van der Waals surface area (Å²) >= 11 is 0. The second-order valence-corrected chi connectivity index (χ2v) is 4.78. The first kappa shape index (κ1) is 17.1. The van der Waals surface area contributed by atoms with Crippen molar-refractivity contribution in [3.8, 4) is 0 Å². The number of hydrogen-bond acceptors (Lipinski definition) is 5. The highest BCUT2D eigenvalue weighted by Crippen LogP contribution is 2.19. The Hall–Kier alpha value is -3.22. The van der Waals surface area contributed by atoms with Crippen LogP contribution in [0.1, 0.15) is 27.6 Å². The van der Waals surface area contributed by atoms with Gasteiger partial charge in [0.2, 0.25) is 6.10 Å². The predicted molar refractivity (Wildman–Crippen MR) is 84.8 cm³/mol. The molecule has 2 aromatic carbocycles. The molecule has 0 saturated heterocycles. The van der Waals surface area contributed by atoms with E-state index in [4.69, 9.17) is 10.5 Å². The van der Waals surface area contributed by atoms with Crippen molar-refractivity contribution in [2.75, 3.05) is 7.11 Å². The van der Waals surface area contributed by atoms with E-state index in [9.17, 15) is 14.0 Å². The fraction of sp³-hybridized carbons (Fsp3) is 0.118. The maximum atomic E-state index is 13.0. The Morgan fingerprint density at radius 2 is 1.75 bits per heavy atom. The summed E-state index contributed by atoms with van der Waals surface area (Å²) in [6, 6.07) is 11.3. The third-order valence-electron chi connectivity index (χ3n) is 3.11. The van der Waals surface area contributed by atoms with Crippen LogP contribution in [0.25, 0.3) is 0 Å². The topological polar surface area (TPSA) is 91.0 Å². The van der Waals surface area contributed by atoms with Gasteiger partial charge in [0.15, 0.2) is 0 Å². The number of benzene rings is 2. The number of primary amides is 1. The van der Waals surface area contributed by atoms with Crippen LogP contribution in [0.2, 0.25) is 0 Å². The van der Waals surface area contributed by atoms with Gasteiger partial charge in [0.25, 0.3) is 5.91 Å². The van der Waals surface area contributed by atoms with E-state index >= 15 is 0 Å². The second-order valence-electron chi connectivity index (χ2n) is 4.78. The average molecular weight is 330 g/mol. The monoisotopic (exact) mass is 330 g/mol. The highest BCUT2D eigenvalue weighted by molar-refractivity contribution is 5.93. The maximum absolute atomic E-state index is 13.0. The van der Waals surface area contributed by atoms with Crippen molar-refractivity contribution in [3.05, 3.63) is 71.0 Å². The molecule has 6 nitrogen and oxygen atoms in total. The molecule has 0 aliphatic heterocycles. The van der Waals surface area contributed by atoms with Crippen LogP contribution in [0.15, 0.2) is 53.7 Å². The number of rotatable bonds is 6. The summed E-state index contributed by atoms with van der Waals surface area (Å²) in [5, 5.41) is 3.60. The Labute approximate surface area is 137 Å². The lowest BCUT2D eigenvalue weighted by atomic mass is 10.1. The molecule has 2 rings (SSSR count). The molecular weight excluding hydrogens is 315 g/mol. The number of oxime groups is 1. The molecule has 1 atom stereocenters. The number of esters is 1. The average Bonchev–Trinajstić information content (AvgIpc) is 2.59. The van der Waals surface area contributed by atoms with E-state index in [2.05, 4.69) is 9.99 Å². The zero-order chi connectivity index (χ0) is 17.5. The van der Waals surface area contributed by atoms with Crippen LogP contribution in [0.3, 0.4) is 0 Å². The van der Waals surface area contributed by atoms with Crippen LogP contribution in [0.4, 0.5) is 4.39 Å². The summed E-state index contributed by atoms with van der Waals surface area (Å²) in [4.78, 5) is 28.3. The predicted octanol–water partition coefficient (Wildman–Crippen LogP) is 2.19. The number of hydrogen-bond donors (Lipinski definition) is 1. The van der Waals surface area contributed by atoms with Crippen molar-refractivity contribution in [1.82, 2.24) is 0 Å². The summed E-state index contributed by atoms with van der Waals surface area (Å²) in [5.74, 6) is -2.04. The van der Waals surface area contributed by atoms with Crippen molar-refractivity contribution in [1.29, 1.82) is 0 Å². The Morgan fingerprint density at radius 1 is 1.12 bits per heavy atom. The quantitative estimate of drug-likeness (QED) is 0.499. The van der Waals surface area contributed by atoms with Gasteiger partial charge in [-0.3, -0.25) is 4.79 Å². The molecule has 0 bridgehead atoms. The maximum Gasteiger partial charge on any atom is 0.339 e. The van der Waals surface area contributed by atoms with E-state index in [1.165, 1.54) is 37.6 Å². The molecule has 2 N–H and O–H groups in total. The third kappa shape index (κ3) is 4.39. The lowest BCUT2D eigenvalue weighted by Gasteiger charge is -2.15. The Morgan fingerprint density at radius 3 is 2.29 bits per heavy atom. The van der Waals surface area contributed by atoms with Crippen LogP contribution in [-0.2, 0) is 14.4 Å². The minimum absolute atomic E-state index is 0.234. The highest BCUT2D eigenvalue weighted by Gasteiger charge is 2.23. The highest BCUT2D eigenvalue weighted by atomic mass is 19.1. The molecule has 1 unspecified atom stereocenters. The molecule has 124 valence electrons. The van der Waals surface area contributed by atoms with E-state index in [1.54, 1.807) is 12.1 Å². The Kier molecular flexibility index (Phi) is 5.62. The molecule has 2 aromatic rings. The number of halogens is 1. The lowest BCUT2D eigenvalue weighted by molar-refractivity contribution is -0.127. The zero-order valence-corrected chi connectivity index (χ0v) is 12.8. The van der Waals surface area contributed by atoms with Crippen molar-refractivity contribution in [2.45, 2.75) is 6.10 Å². The number of carbonyl (C=O) groups is 2. The van der Waals surface area contributed by atoms with Crippen LogP contribution < -0.4 is 5.73 Å². The summed E-state index contributed by atoms with van der Waals surface area (Å²) in [5.41, 5.74) is 6.52. The summed E-state index contributed by atoms with van der Waals surface area (Å²) in [7, 11) is 1.42. The van der Waals surface area contributed by atoms with Gasteiger partial charge in [-0.25, -0.2) is 9.18 Å². The fourth-order valence-electron chi connectivity index (χ4n) is 1.92. The Bertz CT molecular complexity index is 742. The minimum Gasteiger partial charge on any atom is -0.444 e. The van der Waals surface area contributed by atoms with Gasteiger partial charge in [0.1, 0.15) is 12.9 Å². The number of nitrogens with two attached hydrogens (primary N) is 1. The smallest absolute Gasteiger partial charge is 0.339 e. The summed E-state index contributed by atoms with van der Waals surface area (Å²) < 4.78 is 18.1. The number of amides is 1. The second kappa shape index (κ2) is 7.87. The molecule has 0 aromatic heterocycles. The van der Waals surface area contributed by atoms with Gasteiger partial charge >= 0.3 is 5.97 Å². The molecule has 0 radical (unpaired) electrons. The SMILES string of the molecule is CO/N=C/c1ccc(C(=O)OC(C(N)=O)c2ccc(F)cc2)cc1. The third-order valence-corrected chi connectivity index (χ3v) is 3.11. The normalized spacial score (nSPS) is 11.9. The zero-order valence-electron chi connectivity index (χ0n) is 12.8. The molecular formula is C17H15FN2O4. The van der Waals surface area contributed by atoms with Crippen LogP contribution in [-0.4, -0.2) is 25.2 Å². The molecule has 24 heavy (non-hydrogen) atoms. The van der Waals surface area contributed by atoms with Gasteiger partial charge in [0, 0.05) is 5.56 Å². The van der Waals surface area contributed by atoms with Crippen molar-refractivity contribution < 1.29 is 23.6 Å². The molecule has 0 saturated carbocycles. The van der Waals surface area contributed by atoms with E-state index in [0.29, 0.717) is 5.56 Å². The van der Waals surface area contributed by atoms with Crippen LogP contribution in [0.5, 0.6) is 0 Å². The summed E-state index contributed by atoms with van der Waals surface area (Å²) in [6.07, 6.45) is 0.174. The molecule has 0 fully saturated rings. The molecule has 0 aliphatic carbocycles. The van der Waals surface area contributed by atoms with E-state index in [1.807, 2.05) is 0 Å². The van der Waals surface area contributed by atoms with Gasteiger partial charge in [-0.05, 0) is 29.8 Å². The first-order chi connectivity index (χ1) is 11.5. The first-order valence-corrected chi connectivity index (χ1v) is 6.93. The molecule has 1 amide bonds. The molecule has 0 aliphatic rings. The van der Waals surface area contributed by atoms with E-state index < -0.39 is 23.8 Å².